The number of rotatable bonds is 2. The van der Waals surface area contributed by atoms with Crippen LogP contribution in [0.15, 0.2) is 30.3 Å². The number of carbonyl (C=O) groups excluding carboxylic acids is 1. The molecule has 0 amide bonds. The van der Waals surface area contributed by atoms with Crippen molar-refractivity contribution in [2.24, 2.45) is 0 Å². The minimum atomic E-state index is -0.332. The van der Waals surface area contributed by atoms with Crippen molar-refractivity contribution >= 4 is 5.97 Å². The number of benzene rings is 1. The van der Waals surface area contributed by atoms with Gasteiger partial charge in [0.15, 0.2) is 0 Å². The molecule has 0 spiro atoms. The number of esters is 1. The summed E-state index contributed by atoms with van der Waals surface area (Å²) in [5.74, 6) is -0.245. The van der Waals surface area contributed by atoms with Gasteiger partial charge < -0.3 is 9.47 Å². The molecule has 1 heterocycles. The molecule has 1 aromatic rings. The van der Waals surface area contributed by atoms with E-state index in [4.69, 9.17) is 9.47 Å². The van der Waals surface area contributed by atoms with Crippen LogP contribution in [0.1, 0.15) is 25.8 Å². The second-order valence-corrected chi connectivity index (χ2v) is 4.34. The van der Waals surface area contributed by atoms with Crippen molar-refractivity contribution in [3.8, 4) is 0 Å². The Morgan fingerprint density at radius 2 is 2.12 bits per heavy atom. The van der Waals surface area contributed by atoms with Crippen LogP contribution in [0.5, 0.6) is 0 Å². The largest absolute Gasteiger partial charge is 0.460 e. The lowest BCUT2D eigenvalue weighted by Gasteiger charge is -2.23. The van der Waals surface area contributed by atoms with Crippen LogP contribution >= 0.6 is 0 Å². The summed E-state index contributed by atoms with van der Waals surface area (Å²) in [5, 5.41) is 0. The van der Waals surface area contributed by atoms with E-state index in [9.17, 15) is 4.79 Å². The van der Waals surface area contributed by atoms with E-state index in [2.05, 4.69) is 0 Å². The van der Waals surface area contributed by atoms with Crippen molar-refractivity contribution in [1.29, 1.82) is 0 Å². The van der Waals surface area contributed by atoms with Crippen molar-refractivity contribution in [3.63, 3.8) is 0 Å². The molecule has 0 aliphatic carbocycles. The average Bonchev–Trinajstić information content (AvgIpc) is 2.62. The van der Waals surface area contributed by atoms with E-state index >= 15 is 0 Å². The van der Waals surface area contributed by atoms with Gasteiger partial charge in [0, 0.05) is 13.3 Å². The van der Waals surface area contributed by atoms with Crippen LogP contribution in [0.25, 0.3) is 0 Å². The van der Waals surface area contributed by atoms with Gasteiger partial charge in [-0.1, -0.05) is 30.3 Å². The van der Waals surface area contributed by atoms with Gasteiger partial charge in [-0.3, -0.25) is 4.79 Å². The maximum Gasteiger partial charge on any atom is 0.302 e. The molecule has 1 unspecified atom stereocenters. The summed E-state index contributed by atoms with van der Waals surface area (Å²) in [6.07, 6.45) is 0.596. The topological polar surface area (TPSA) is 35.5 Å². The lowest BCUT2D eigenvalue weighted by Crippen LogP contribution is -2.21. The zero-order valence-electron chi connectivity index (χ0n) is 9.60. The maximum absolute atomic E-state index is 10.9. The summed E-state index contributed by atoms with van der Waals surface area (Å²) < 4.78 is 10.9. The third kappa shape index (κ3) is 2.25. The fraction of sp³-hybridized carbons (Fsp3) is 0.462. The summed E-state index contributed by atoms with van der Waals surface area (Å²) in [4.78, 5) is 10.9. The van der Waals surface area contributed by atoms with Gasteiger partial charge in [0.1, 0.15) is 6.10 Å². The van der Waals surface area contributed by atoms with Crippen molar-refractivity contribution in [2.45, 2.75) is 32.0 Å². The van der Waals surface area contributed by atoms with Crippen molar-refractivity contribution in [3.05, 3.63) is 35.9 Å². The van der Waals surface area contributed by atoms with E-state index in [1.807, 2.05) is 37.3 Å². The van der Waals surface area contributed by atoms with Crippen LogP contribution in [-0.2, 0) is 19.9 Å². The molecule has 2 atom stereocenters. The molecule has 0 bridgehead atoms. The summed E-state index contributed by atoms with van der Waals surface area (Å²) in [6, 6.07) is 10.0. The first-order valence-electron chi connectivity index (χ1n) is 5.47. The molecule has 2 rings (SSSR count). The van der Waals surface area contributed by atoms with Crippen molar-refractivity contribution in [1.82, 2.24) is 0 Å². The second kappa shape index (κ2) is 4.26. The summed E-state index contributed by atoms with van der Waals surface area (Å²) >= 11 is 0. The normalized spacial score (nSPS) is 29.0. The molecule has 1 aliphatic rings. The first-order chi connectivity index (χ1) is 7.60. The smallest absolute Gasteiger partial charge is 0.302 e. The van der Waals surface area contributed by atoms with Crippen molar-refractivity contribution < 1.29 is 14.3 Å². The minimum absolute atomic E-state index is 0.122. The van der Waals surface area contributed by atoms with Gasteiger partial charge in [-0.25, -0.2) is 0 Å². The molecule has 0 aromatic heterocycles. The molecule has 0 saturated carbocycles. The van der Waals surface area contributed by atoms with Crippen LogP contribution in [0.2, 0.25) is 0 Å². The molecule has 1 aliphatic heterocycles. The predicted molar refractivity (Wildman–Crippen MR) is 59.9 cm³/mol. The summed E-state index contributed by atoms with van der Waals surface area (Å²) in [7, 11) is 0. The first kappa shape index (κ1) is 11.1. The Bertz CT molecular complexity index is 374. The SMILES string of the molecule is CC(=O)OC1CO[C@](C)(c2ccccc2)C1. The minimum Gasteiger partial charge on any atom is -0.460 e. The molecular weight excluding hydrogens is 204 g/mol. The highest BCUT2D eigenvalue weighted by atomic mass is 16.6. The molecule has 0 radical (unpaired) electrons. The molecule has 0 N–H and O–H groups in total. The zero-order valence-corrected chi connectivity index (χ0v) is 9.60. The molecule has 1 fully saturated rings. The van der Waals surface area contributed by atoms with Gasteiger partial charge in [-0.05, 0) is 12.5 Å². The summed E-state index contributed by atoms with van der Waals surface area (Å²) in [6.45, 7) is 3.94. The fourth-order valence-electron chi connectivity index (χ4n) is 2.13. The highest BCUT2D eigenvalue weighted by Crippen LogP contribution is 2.36. The van der Waals surface area contributed by atoms with Crippen LogP contribution in [-0.4, -0.2) is 18.7 Å². The summed E-state index contributed by atoms with van der Waals surface area (Å²) in [5.41, 5.74) is 0.797. The third-order valence-electron chi connectivity index (χ3n) is 2.92. The van der Waals surface area contributed by atoms with E-state index in [1.165, 1.54) is 6.92 Å². The third-order valence-corrected chi connectivity index (χ3v) is 2.92. The Kier molecular flexibility index (Phi) is 2.97. The highest BCUT2D eigenvalue weighted by molar-refractivity contribution is 5.66. The molecular formula is C13H16O3. The van der Waals surface area contributed by atoms with Gasteiger partial charge in [-0.15, -0.1) is 0 Å². The number of hydrogen-bond acceptors (Lipinski definition) is 3. The average molecular weight is 220 g/mol. The molecule has 1 aromatic carbocycles. The standard InChI is InChI=1S/C13H16O3/c1-10(14)16-12-8-13(2,15-9-12)11-6-4-3-5-7-11/h3-7,12H,8-9H2,1-2H3/t12?,13-/m0/s1. The lowest BCUT2D eigenvalue weighted by atomic mass is 9.92. The van der Waals surface area contributed by atoms with E-state index < -0.39 is 0 Å². The van der Waals surface area contributed by atoms with E-state index in [1.54, 1.807) is 0 Å². The van der Waals surface area contributed by atoms with Crippen LogP contribution in [0, 0.1) is 0 Å². The number of carbonyl (C=O) groups is 1. The first-order valence-corrected chi connectivity index (χ1v) is 5.47. The second-order valence-electron chi connectivity index (χ2n) is 4.34. The number of hydrogen-bond donors (Lipinski definition) is 0. The predicted octanol–water partition coefficient (Wildman–Crippen LogP) is 2.25. The Balaban J connectivity index is 2.09. The Hall–Kier alpha value is -1.35. The fourth-order valence-corrected chi connectivity index (χ4v) is 2.13. The van der Waals surface area contributed by atoms with Gasteiger partial charge >= 0.3 is 5.97 Å². The molecule has 86 valence electrons. The van der Waals surface area contributed by atoms with Gasteiger partial charge in [0.25, 0.3) is 0 Å². The Labute approximate surface area is 95.4 Å². The van der Waals surface area contributed by atoms with Crippen LogP contribution < -0.4 is 0 Å². The lowest BCUT2D eigenvalue weighted by molar-refractivity contribution is -0.146. The number of ether oxygens (including phenoxy) is 2. The van der Waals surface area contributed by atoms with E-state index in [-0.39, 0.29) is 17.7 Å². The Morgan fingerprint density at radius 1 is 1.44 bits per heavy atom. The van der Waals surface area contributed by atoms with E-state index in [0.29, 0.717) is 6.61 Å². The molecule has 3 nitrogen and oxygen atoms in total. The van der Waals surface area contributed by atoms with Gasteiger partial charge in [-0.2, -0.15) is 0 Å². The van der Waals surface area contributed by atoms with Crippen molar-refractivity contribution in [2.75, 3.05) is 6.61 Å². The molecule has 1 saturated heterocycles. The van der Waals surface area contributed by atoms with Crippen LogP contribution in [0.4, 0.5) is 0 Å². The monoisotopic (exact) mass is 220 g/mol. The van der Waals surface area contributed by atoms with Gasteiger partial charge in [0.2, 0.25) is 0 Å². The van der Waals surface area contributed by atoms with Crippen LogP contribution in [0.3, 0.4) is 0 Å². The zero-order chi connectivity index (χ0) is 11.6. The quantitative estimate of drug-likeness (QED) is 0.717. The highest BCUT2D eigenvalue weighted by Gasteiger charge is 2.39. The molecule has 16 heavy (non-hydrogen) atoms. The van der Waals surface area contributed by atoms with E-state index in [0.717, 1.165) is 12.0 Å². The Morgan fingerprint density at radius 3 is 2.75 bits per heavy atom. The molecule has 3 heteroatoms. The maximum atomic E-state index is 10.9. The van der Waals surface area contributed by atoms with Gasteiger partial charge in [0.05, 0.1) is 12.2 Å².